The first-order chi connectivity index (χ1) is 17.7. The zero-order valence-electron chi connectivity index (χ0n) is 20.2. The predicted octanol–water partition coefficient (Wildman–Crippen LogP) is 5.24. The minimum atomic E-state index is -1.42. The minimum Gasteiger partial charge on any atom is -0.492 e. The Bertz CT molecular complexity index is 1330. The number of rotatable bonds is 11. The van der Waals surface area contributed by atoms with Crippen LogP contribution in [0.5, 0.6) is 5.75 Å². The van der Waals surface area contributed by atoms with Crippen molar-refractivity contribution in [2.45, 2.75) is 30.4 Å². The molecule has 3 rings (SSSR count). The van der Waals surface area contributed by atoms with Crippen LogP contribution in [0.15, 0.2) is 71.6 Å². The molecule has 1 atom stereocenters. The van der Waals surface area contributed by atoms with Crippen molar-refractivity contribution in [2.75, 3.05) is 17.2 Å². The fourth-order valence-corrected chi connectivity index (χ4v) is 4.46. The maximum Gasteiger partial charge on any atom is 0.336 e. The Hall–Kier alpha value is -4.31. The van der Waals surface area contributed by atoms with Gasteiger partial charge in [-0.2, -0.15) is 0 Å². The van der Waals surface area contributed by atoms with Gasteiger partial charge in [0.05, 0.1) is 34.2 Å². The van der Waals surface area contributed by atoms with Gasteiger partial charge in [-0.1, -0.05) is 25.1 Å². The predicted molar refractivity (Wildman–Crippen MR) is 141 cm³/mol. The summed E-state index contributed by atoms with van der Waals surface area (Å²) in [5.74, 6) is -3.03. The average Bonchev–Trinajstić information content (AvgIpc) is 2.88. The molecule has 0 bridgehead atoms. The molecule has 10 heteroatoms. The number of nitrogens with one attached hydrogen (secondary N) is 2. The summed E-state index contributed by atoms with van der Waals surface area (Å²) in [7, 11) is 0. The summed E-state index contributed by atoms with van der Waals surface area (Å²) >= 11 is 1.32. The van der Waals surface area contributed by atoms with E-state index in [1.54, 1.807) is 36.4 Å². The van der Waals surface area contributed by atoms with Crippen LogP contribution >= 0.6 is 11.8 Å². The topological polar surface area (TPSA) is 142 Å². The van der Waals surface area contributed by atoms with Crippen molar-refractivity contribution < 1.29 is 34.1 Å². The molecule has 0 aliphatic heterocycles. The van der Waals surface area contributed by atoms with Gasteiger partial charge in [-0.3, -0.25) is 9.59 Å². The summed E-state index contributed by atoms with van der Waals surface area (Å²) in [5.41, 5.74) is 0.149. The van der Waals surface area contributed by atoms with Crippen LogP contribution in [0.25, 0.3) is 0 Å². The van der Waals surface area contributed by atoms with Gasteiger partial charge in [-0.15, -0.1) is 11.8 Å². The lowest BCUT2D eigenvalue weighted by molar-refractivity contribution is -0.115. The van der Waals surface area contributed by atoms with Crippen LogP contribution in [-0.4, -0.2) is 45.8 Å². The van der Waals surface area contributed by atoms with E-state index in [1.165, 1.54) is 23.9 Å². The molecule has 0 fully saturated rings. The fraction of sp³-hybridized carbons (Fsp3) is 0.185. The lowest BCUT2D eigenvalue weighted by Gasteiger charge is -2.17. The first kappa shape index (κ1) is 27.3. The smallest absolute Gasteiger partial charge is 0.336 e. The maximum atomic E-state index is 13.0. The van der Waals surface area contributed by atoms with Crippen LogP contribution in [0, 0.1) is 0 Å². The van der Waals surface area contributed by atoms with Crippen LogP contribution in [0.4, 0.5) is 11.4 Å². The Morgan fingerprint density at radius 1 is 0.865 bits per heavy atom. The summed E-state index contributed by atoms with van der Waals surface area (Å²) in [5, 5.41) is 23.7. The van der Waals surface area contributed by atoms with Crippen LogP contribution in [0.2, 0.25) is 0 Å². The SMILES string of the molecule is CCOc1ccccc1NC(=O)C(CC)Sc1cccc(NC(=O)c2ccc(C(=O)O)cc2C(=O)O)c1. The van der Waals surface area contributed by atoms with E-state index >= 15 is 0 Å². The number of carbonyl (C=O) groups is 4. The van der Waals surface area contributed by atoms with Crippen molar-refractivity contribution in [3.63, 3.8) is 0 Å². The molecule has 3 aromatic carbocycles. The molecular formula is C27H26N2O7S. The van der Waals surface area contributed by atoms with Crippen LogP contribution in [0.3, 0.4) is 0 Å². The molecule has 0 aliphatic carbocycles. The van der Waals surface area contributed by atoms with Gasteiger partial charge in [-0.25, -0.2) is 9.59 Å². The molecule has 192 valence electrons. The van der Waals surface area contributed by atoms with E-state index < -0.39 is 28.7 Å². The molecule has 9 nitrogen and oxygen atoms in total. The number of carboxylic acid groups (broad SMARTS) is 2. The van der Waals surface area contributed by atoms with E-state index in [2.05, 4.69) is 10.6 Å². The van der Waals surface area contributed by atoms with Gasteiger partial charge in [0.15, 0.2) is 0 Å². The van der Waals surface area contributed by atoms with Gasteiger partial charge in [0.1, 0.15) is 5.75 Å². The largest absolute Gasteiger partial charge is 0.492 e. The van der Waals surface area contributed by atoms with Gasteiger partial charge in [-0.05, 0) is 61.9 Å². The monoisotopic (exact) mass is 522 g/mol. The number of carboxylic acids is 2. The summed E-state index contributed by atoms with van der Waals surface area (Å²) < 4.78 is 5.57. The molecule has 1 unspecified atom stereocenters. The molecular weight excluding hydrogens is 496 g/mol. The number of benzene rings is 3. The molecule has 0 spiro atoms. The molecule has 2 amide bonds. The first-order valence-corrected chi connectivity index (χ1v) is 12.3. The lowest BCUT2D eigenvalue weighted by Crippen LogP contribution is -2.24. The Morgan fingerprint density at radius 3 is 2.30 bits per heavy atom. The molecule has 0 saturated carbocycles. The third kappa shape index (κ3) is 7.11. The molecule has 0 heterocycles. The Balaban J connectivity index is 1.74. The highest BCUT2D eigenvalue weighted by atomic mass is 32.2. The molecule has 0 radical (unpaired) electrons. The quantitative estimate of drug-likeness (QED) is 0.250. The number of para-hydroxylation sites is 2. The number of ether oxygens (including phenoxy) is 1. The molecule has 37 heavy (non-hydrogen) atoms. The highest BCUT2D eigenvalue weighted by Gasteiger charge is 2.21. The van der Waals surface area contributed by atoms with Crippen LogP contribution < -0.4 is 15.4 Å². The van der Waals surface area contributed by atoms with Crippen molar-refractivity contribution in [1.29, 1.82) is 0 Å². The molecule has 3 aromatic rings. The highest BCUT2D eigenvalue weighted by molar-refractivity contribution is 8.00. The molecule has 4 N–H and O–H groups in total. The number of carbonyl (C=O) groups excluding carboxylic acids is 2. The maximum absolute atomic E-state index is 13.0. The van der Waals surface area contributed by atoms with E-state index in [0.717, 1.165) is 11.0 Å². The van der Waals surface area contributed by atoms with Gasteiger partial charge in [0, 0.05) is 10.6 Å². The summed E-state index contributed by atoms with van der Waals surface area (Å²) in [6.45, 7) is 4.23. The molecule has 0 aromatic heterocycles. The third-order valence-electron chi connectivity index (χ3n) is 5.22. The van der Waals surface area contributed by atoms with Gasteiger partial charge in [0.2, 0.25) is 5.91 Å². The average molecular weight is 523 g/mol. The Labute approximate surface area is 217 Å². The number of hydrogen-bond donors (Lipinski definition) is 4. The second-order valence-corrected chi connectivity index (χ2v) is 9.06. The minimum absolute atomic E-state index is 0.172. The highest BCUT2D eigenvalue weighted by Crippen LogP contribution is 2.30. The number of amides is 2. The second-order valence-electron chi connectivity index (χ2n) is 7.79. The normalized spacial score (nSPS) is 11.3. The van der Waals surface area contributed by atoms with Crippen molar-refractivity contribution >= 4 is 46.9 Å². The molecule has 0 saturated heterocycles. The van der Waals surface area contributed by atoms with Gasteiger partial charge >= 0.3 is 11.9 Å². The van der Waals surface area contributed by atoms with E-state index in [1.807, 2.05) is 26.0 Å². The van der Waals surface area contributed by atoms with Crippen molar-refractivity contribution in [3.05, 3.63) is 83.4 Å². The van der Waals surface area contributed by atoms with E-state index in [9.17, 15) is 24.3 Å². The lowest BCUT2D eigenvalue weighted by atomic mass is 10.0. The Morgan fingerprint density at radius 2 is 1.62 bits per heavy atom. The molecule has 0 aliphatic rings. The van der Waals surface area contributed by atoms with Gasteiger partial charge in [0.25, 0.3) is 5.91 Å². The number of aromatic carboxylic acids is 2. The van der Waals surface area contributed by atoms with Crippen molar-refractivity contribution in [3.8, 4) is 5.75 Å². The number of hydrogen-bond acceptors (Lipinski definition) is 6. The van der Waals surface area contributed by atoms with E-state index in [0.29, 0.717) is 30.2 Å². The summed E-state index contributed by atoms with van der Waals surface area (Å²) in [4.78, 5) is 49.3. The van der Waals surface area contributed by atoms with E-state index in [-0.39, 0.29) is 17.0 Å². The Kier molecular flexibility index (Phi) is 9.28. The first-order valence-electron chi connectivity index (χ1n) is 11.4. The second kappa shape index (κ2) is 12.6. The van der Waals surface area contributed by atoms with Gasteiger partial charge < -0.3 is 25.6 Å². The zero-order chi connectivity index (χ0) is 26.9. The standard InChI is InChI=1S/C27H26N2O7S/c1-3-23(25(31)29-21-10-5-6-11-22(21)36-4-2)37-18-9-7-8-17(15-18)28-24(30)19-13-12-16(26(32)33)14-20(19)27(34)35/h5-15,23H,3-4H2,1-2H3,(H,28,30)(H,29,31)(H,32,33)(H,34,35). The third-order valence-corrected chi connectivity index (χ3v) is 6.58. The van der Waals surface area contributed by atoms with Crippen molar-refractivity contribution in [1.82, 2.24) is 0 Å². The van der Waals surface area contributed by atoms with Crippen LogP contribution in [0.1, 0.15) is 51.3 Å². The number of thioether (sulfide) groups is 1. The zero-order valence-corrected chi connectivity index (χ0v) is 21.0. The van der Waals surface area contributed by atoms with E-state index in [4.69, 9.17) is 9.84 Å². The summed E-state index contributed by atoms with van der Waals surface area (Å²) in [6.07, 6.45) is 0.543. The van der Waals surface area contributed by atoms with Crippen molar-refractivity contribution in [2.24, 2.45) is 0 Å². The van der Waals surface area contributed by atoms with Crippen LogP contribution in [-0.2, 0) is 4.79 Å². The summed E-state index contributed by atoms with van der Waals surface area (Å²) in [6, 6.07) is 17.3. The number of anilines is 2. The fourth-order valence-electron chi connectivity index (χ4n) is 3.45.